The van der Waals surface area contributed by atoms with Gasteiger partial charge in [0.2, 0.25) is 0 Å². The zero-order chi connectivity index (χ0) is 16.4. The van der Waals surface area contributed by atoms with Crippen LogP contribution >= 0.6 is 0 Å². The van der Waals surface area contributed by atoms with E-state index in [1.165, 1.54) is 6.07 Å². The molecular formula is C18H13FN2O2. The second-order valence-corrected chi connectivity index (χ2v) is 4.96. The van der Waals surface area contributed by atoms with Crippen molar-refractivity contribution >= 4 is 16.5 Å². The highest BCUT2D eigenvalue weighted by Gasteiger charge is 2.10. The Morgan fingerprint density at radius 1 is 1.00 bits per heavy atom. The zero-order valence-corrected chi connectivity index (χ0v) is 12.3. The van der Waals surface area contributed by atoms with Gasteiger partial charge in [0.1, 0.15) is 29.1 Å². The van der Waals surface area contributed by atoms with E-state index in [2.05, 4.69) is 0 Å². The molecule has 4 nitrogen and oxygen atoms in total. The number of ether oxygens (including phenoxy) is 2. The smallest absolute Gasteiger partial charge is 0.147 e. The molecule has 2 N–H and O–H groups in total. The monoisotopic (exact) mass is 308 g/mol. The van der Waals surface area contributed by atoms with Crippen molar-refractivity contribution in [2.45, 2.75) is 0 Å². The summed E-state index contributed by atoms with van der Waals surface area (Å²) in [7, 11) is 1.60. The molecule has 114 valence electrons. The van der Waals surface area contributed by atoms with Crippen molar-refractivity contribution in [2.75, 3.05) is 12.8 Å². The minimum Gasteiger partial charge on any atom is -0.497 e. The molecule has 0 aliphatic carbocycles. The standard InChI is InChI=1S/C18H13FN2O2/c1-22-14-4-2-11-3-5-15(7-12(11)6-14)23-18-9-17(21)16(19)8-13(18)10-20/h2-9H,21H2,1H3. The van der Waals surface area contributed by atoms with Gasteiger partial charge in [0, 0.05) is 6.07 Å². The quantitative estimate of drug-likeness (QED) is 0.735. The Labute approximate surface area is 132 Å². The van der Waals surface area contributed by atoms with Gasteiger partial charge in [-0.05, 0) is 41.1 Å². The lowest BCUT2D eigenvalue weighted by molar-refractivity contribution is 0.415. The first-order valence-electron chi connectivity index (χ1n) is 6.85. The van der Waals surface area contributed by atoms with Gasteiger partial charge < -0.3 is 15.2 Å². The van der Waals surface area contributed by atoms with E-state index in [1.807, 2.05) is 36.4 Å². The maximum atomic E-state index is 13.4. The number of methoxy groups -OCH3 is 1. The third kappa shape index (κ3) is 2.87. The Kier molecular flexibility index (Phi) is 3.73. The molecule has 0 atom stereocenters. The first kappa shape index (κ1) is 14.7. The van der Waals surface area contributed by atoms with Gasteiger partial charge in [0.15, 0.2) is 0 Å². The molecule has 3 aromatic carbocycles. The van der Waals surface area contributed by atoms with E-state index in [0.717, 1.165) is 22.6 Å². The molecule has 0 bridgehead atoms. The van der Waals surface area contributed by atoms with Crippen LogP contribution in [0.15, 0.2) is 48.5 Å². The van der Waals surface area contributed by atoms with Crippen LogP contribution in [0, 0.1) is 17.1 Å². The van der Waals surface area contributed by atoms with Gasteiger partial charge in [-0.2, -0.15) is 5.26 Å². The minimum atomic E-state index is -0.642. The van der Waals surface area contributed by atoms with Crippen molar-refractivity contribution in [1.82, 2.24) is 0 Å². The number of hydrogen-bond donors (Lipinski definition) is 1. The molecule has 5 heteroatoms. The average Bonchev–Trinajstić information content (AvgIpc) is 2.57. The second kappa shape index (κ2) is 5.85. The molecule has 0 aromatic heterocycles. The summed E-state index contributed by atoms with van der Waals surface area (Å²) in [6.07, 6.45) is 0. The van der Waals surface area contributed by atoms with E-state index in [9.17, 15) is 4.39 Å². The Morgan fingerprint density at radius 3 is 2.39 bits per heavy atom. The van der Waals surface area contributed by atoms with Gasteiger partial charge in [0.05, 0.1) is 18.4 Å². The number of nitriles is 1. The first-order chi connectivity index (χ1) is 11.1. The maximum absolute atomic E-state index is 13.4. The van der Waals surface area contributed by atoms with E-state index in [4.69, 9.17) is 20.5 Å². The first-order valence-corrected chi connectivity index (χ1v) is 6.85. The molecule has 3 rings (SSSR count). The fraction of sp³-hybridized carbons (Fsp3) is 0.0556. The third-order valence-corrected chi connectivity index (χ3v) is 3.47. The number of hydrogen-bond acceptors (Lipinski definition) is 4. The lowest BCUT2D eigenvalue weighted by atomic mass is 10.1. The summed E-state index contributed by atoms with van der Waals surface area (Å²) in [6, 6.07) is 15.4. The van der Waals surface area contributed by atoms with Crippen molar-refractivity contribution < 1.29 is 13.9 Å². The number of anilines is 1. The van der Waals surface area contributed by atoms with Crippen molar-refractivity contribution in [2.24, 2.45) is 0 Å². The summed E-state index contributed by atoms with van der Waals surface area (Å²) >= 11 is 0. The van der Waals surface area contributed by atoms with E-state index < -0.39 is 5.82 Å². The molecular weight excluding hydrogens is 295 g/mol. The van der Waals surface area contributed by atoms with Gasteiger partial charge in [-0.1, -0.05) is 12.1 Å². The fourth-order valence-electron chi connectivity index (χ4n) is 2.26. The van der Waals surface area contributed by atoms with Crippen LogP contribution in [-0.2, 0) is 0 Å². The molecule has 0 unspecified atom stereocenters. The van der Waals surface area contributed by atoms with Crippen LogP contribution in [0.4, 0.5) is 10.1 Å². The minimum absolute atomic E-state index is 0.0681. The van der Waals surface area contributed by atoms with Gasteiger partial charge in [0.25, 0.3) is 0 Å². The predicted octanol–water partition coefficient (Wildman–Crippen LogP) is 4.23. The second-order valence-electron chi connectivity index (χ2n) is 4.96. The summed E-state index contributed by atoms with van der Waals surface area (Å²) in [5, 5.41) is 11.0. The van der Waals surface area contributed by atoms with Gasteiger partial charge in [-0.25, -0.2) is 4.39 Å². The summed E-state index contributed by atoms with van der Waals surface area (Å²) in [5.41, 5.74) is 5.56. The van der Waals surface area contributed by atoms with Gasteiger partial charge in [-0.3, -0.25) is 0 Å². The number of nitrogens with two attached hydrogens (primary N) is 1. The van der Waals surface area contributed by atoms with Crippen LogP contribution in [0.5, 0.6) is 17.2 Å². The topological polar surface area (TPSA) is 68.3 Å². The summed E-state index contributed by atoms with van der Waals surface area (Å²) in [5.74, 6) is 0.831. The van der Waals surface area contributed by atoms with Crippen molar-refractivity contribution in [3.8, 4) is 23.3 Å². The summed E-state index contributed by atoms with van der Waals surface area (Å²) in [6.45, 7) is 0. The molecule has 0 spiro atoms. The SMILES string of the molecule is COc1ccc2ccc(Oc3cc(N)c(F)cc3C#N)cc2c1. The fourth-order valence-corrected chi connectivity index (χ4v) is 2.26. The lowest BCUT2D eigenvalue weighted by Crippen LogP contribution is -1.95. The van der Waals surface area contributed by atoms with Crippen LogP contribution < -0.4 is 15.2 Å². The molecule has 0 heterocycles. The molecule has 0 amide bonds. The Morgan fingerprint density at radius 2 is 1.70 bits per heavy atom. The summed E-state index contributed by atoms with van der Waals surface area (Å²) < 4.78 is 24.3. The molecule has 0 fully saturated rings. The number of nitrogens with zero attached hydrogens (tertiary/aromatic N) is 1. The normalized spacial score (nSPS) is 10.3. The molecule has 0 saturated carbocycles. The van der Waals surface area contributed by atoms with Crippen molar-refractivity contribution in [3.05, 3.63) is 59.9 Å². The number of fused-ring (bicyclic) bond motifs is 1. The van der Waals surface area contributed by atoms with Crippen LogP contribution in [-0.4, -0.2) is 7.11 Å². The number of rotatable bonds is 3. The molecule has 3 aromatic rings. The lowest BCUT2D eigenvalue weighted by Gasteiger charge is -2.10. The van der Waals surface area contributed by atoms with Gasteiger partial charge >= 0.3 is 0 Å². The molecule has 0 aliphatic rings. The largest absolute Gasteiger partial charge is 0.497 e. The highest BCUT2D eigenvalue weighted by Crippen LogP contribution is 2.31. The van der Waals surface area contributed by atoms with Crippen LogP contribution in [0.1, 0.15) is 5.56 Å². The number of nitrogen functional groups attached to an aromatic ring is 1. The molecule has 0 saturated heterocycles. The predicted molar refractivity (Wildman–Crippen MR) is 86.1 cm³/mol. The third-order valence-electron chi connectivity index (χ3n) is 3.47. The van der Waals surface area contributed by atoms with Crippen LogP contribution in [0.2, 0.25) is 0 Å². The Balaban J connectivity index is 2.02. The van der Waals surface area contributed by atoms with E-state index >= 15 is 0 Å². The van der Waals surface area contributed by atoms with Crippen LogP contribution in [0.25, 0.3) is 10.8 Å². The number of benzene rings is 3. The zero-order valence-electron chi connectivity index (χ0n) is 12.3. The molecule has 0 radical (unpaired) electrons. The molecule has 23 heavy (non-hydrogen) atoms. The van der Waals surface area contributed by atoms with E-state index in [1.54, 1.807) is 13.2 Å². The van der Waals surface area contributed by atoms with E-state index in [0.29, 0.717) is 5.75 Å². The molecule has 0 aliphatic heterocycles. The maximum Gasteiger partial charge on any atom is 0.147 e. The van der Waals surface area contributed by atoms with E-state index in [-0.39, 0.29) is 17.0 Å². The van der Waals surface area contributed by atoms with Crippen LogP contribution in [0.3, 0.4) is 0 Å². The average molecular weight is 308 g/mol. The Bertz CT molecular complexity index is 932. The van der Waals surface area contributed by atoms with Gasteiger partial charge in [-0.15, -0.1) is 0 Å². The van der Waals surface area contributed by atoms with Crippen molar-refractivity contribution in [1.29, 1.82) is 5.26 Å². The highest BCUT2D eigenvalue weighted by molar-refractivity contribution is 5.85. The van der Waals surface area contributed by atoms with Crippen molar-refractivity contribution in [3.63, 3.8) is 0 Å². The Hall–Kier alpha value is -3.26. The highest BCUT2D eigenvalue weighted by atomic mass is 19.1. The number of halogens is 1. The summed E-state index contributed by atoms with van der Waals surface area (Å²) in [4.78, 5) is 0.